The van der Waals surface area contributed by atoms with E-state index < -0.39 is 0 Å². The lowest BCUT2D eigenvalue weighted by atomic mass is 10.1. The van der Waals surface area contributed by atoms with E-state index in [9.17, 15) is 0 Å². The quantitative estimate of drug-likeness (QED) is 0.539. The second kappa shape index (κ2) is 6.05. The van der Waals surface area contributed by atoms with E-state index in [1.54, 1.807) is 0 Å². The van der Waals surface area contributed by atoms with Gasteiger partial charge in [0.2, 0.25) is 0 Å². The minimum atomic E-state index is 0.641. The lowest BCUT2D eigenvalue weighted by Gasteiger charge is -2.01. The number of hydrogen-bond acceptors (Lipinski definition) is 4. The topological polar surface area (TPSA) is 47.6 Å². The van der Waals surface area contributed by atoms with E-state index in [4.69, 9.17) is 9.36 Å². The van der Waals surface area contributed by atoms with Gasteiger partial charge in [-0.05, 0) is 0 Å². The Bertz CT molecular complexity index is 734. The lowest BCUT2D eigenvalue weighted by Crippen LogP contribution is -2.04. The summed E-state index contributed by atoms with van der Waals surface area (Å²) in [5.41, 5.74) is 3.18. The highest BCUT2D eigenvalue weighted by atomic mass is 16.6. The molecule has 0 amide bonds. The van der Waals surface area contributed by atoms with E-state index in [0.29, 0.717) is 17.2 Å². The predicted molar refractivity (Wildman–Crippen MR) is 81.0 cm³/mol. The molecular formula is C17H14N2O2. The third kappa shape index (κ3) is 2.84. The molecule has 0 fully saturated rings. The van der Waals surface area contributed by atoms with Crippen LogP contribution < -0.4 is 0 Å². The van der Waals surface area contributed by atoms with Gasteiger partial charge in [-0.25, -0.2) is 0 Å². The molecule has 2 aromatic carbocycles. The molecule has 0 atom stereocenters. The van der Waals surface area contributed by atoms with E-state index in [1.165, 1.54) is 7.11 Å². The minimum Gasteiger partial charge on any atom is -0.399 e. The Balaban J connectivity index is 1.99. The maximum Gasteiger partial charge on any atom is 0.167 e. The number of oxime groups is 1. The summed E-state index contributed by atoms with van der Waals surface area (Å²) in [5.74, 6) is 0.699. The smallest absolute Gasteiger partial charge is 0.167 e. The van der Waals surface area contributed by atoms with Crippen molar-refractivity contribution in [2.75, 3.05) is 7.11 Å². The first kappa shape index (κ1) is 13.1. The van der Waals surface area contributed by atoms with Gasteiger partial charge >= 0.3 is 0 Å². The van der Waals surface area contributed by atoms with Crippen LogP contribution in [0.25, 0.3) is 11.3 Å². The van der Waals surface area contributed by atoms with Crippen molar-refractivity contribution in [2.45, 2.75) is 0 Å². The van der Waals surface area contributed by atoms with Crippen LogP contribution in [0.4, 0.5) is 0 Å². The molecule has 0 saturated carbocycles. The average molecular weight is 278 g/mol. The van der Waals surface area contributed by atoms with Crippen molar-refractivity contribution in [3.05, 3.63) is 78.0 Å². The standard InChI is InChI=1S/C17H14N2O2/c1-20-19-17(14-10-6-3-7-11-14)15-12-16(21-18-15)13-8-4-2-5-9-13/h2-12H,1H3/b19-17-. The van der Waals surface area contributed by atoms with Crippen LogP contribution in [0.15, 0.2) is 76.4 Å². The number of rotatable bonds is 4. The summed E-state index contributed by atoms with van der Waals surface area (Å²) in [6.45, 7) is 0. The van der Waals surface area contributed by atoms with Gasteiger partial charge in [0.15, 0.2) is 5.76 Å². The summed E-state index contributed by atoms with van der Waals surface area (Å²) < 4.78 is 5.41. The first-order chi connectivity index (χ1) is 10.4. The van der Waals surface area contributed by atoms with Crippen molar-refractivity contribution in [1.29, 1.82) is 0 Å². The normalized spacial score (nSPS) is 11.4. The molecule has 0 aliphatic carbocycles. The van der Waals surface area contributed by atoms with Gasteiger partial charge in [-0.1, -0.05) is 71.0 Å². The highest BCUT2D eigenvalue weighted by Crippen LogP contribution is 2.21. The van der Waals surface area contributed by atoms with Crippen molar-refractivity contribution < 1.29 is 9.36 Å². The van der Waals surface area contributed by atoms with Gasteiger partial charge in [0.05, 0.1) is 0 Å². The largest absolute Gasteiger partial charge is 0.399 e. The number of nitrogens with zero attached hydrogens (tertiary/aromatic N) is 2. The molecule has 0 N–H and O–H groups in total. The molecule has 0 saturated heterocycles. The Morgan fingerprint density at radius 3 is 2.33 bits per heavy atom. The second-order valence-corrected chi connectivity index (χ2v) is 4.43. The zero-order chi connectivity index (χ0) is 14.5. The second-order valence-electron chi connectivity index (χ2n) is 4.43. The van der Waals surface area contributed by atoms with Gasteiger partial charge in [-0.2, -0.15) is 0 Å². The average Bonchev–Trinajstić information content (AvgIpc) is 3.04. The molecule has 0 spiro atoms. The summed E-state index contributed by atoms with van der Waals surface area (Å²) in [7, 11) is 1.52. The Morgan fingerprint density at radius 1 is 1.00 bits per heavy atom. The number of hydrogen-bond donors (Lipinski definition) is 0. The molecule has 3 aromatic rings. The van der Waals surface area contributed by atoms with Crippen molar-refractivity contribution in [3.63, 3.8) is 0 Å². The summed E-state index contributed by atoms with van der Waals surface area (Å²) in [6, 6.07) is 21.4. The van der Waals surface area contributed by atoms with Crippen LogP contribution in [-0.4, -0.2) is 18.0 Å². The first-order valence-electron chi connectivity index (χ1n) is 6.57. The van der Waals surface area contributed by atoms with Crippen molar-refractivity contribution in [1.82, 2.24) is 5.16 Å². The van der Waals surface area contributed by atoms with Crippen LogP contribution in [-0.2, 0) is 4.84 Å². The van der Waals surface area contributed by atoms with Crippen LogP contribution in [0.5, 0.6) is 0 Å². The number of benzene rings is 2. The third-order valence-corrected chi connectivity index (χ3v) is 3.04. The summed E-state index contributed by atoms with van der Waals surface area (Å²) >= 11 is 0. The van der Waals surface area contributed by atoms with Crippen molar-refractivity contribution in [3.8, 4) is 11.3 Å². The van der Waals surface area contributed by atoms with E-state index in [-0.39, 0.29) is 0 Å². The Labute approximate surface area is 122 Å². The first-order valence-corrected chi connectivity index (χ1v) is 6.57. The summed E-state index contributed by atoms with van der Waals surface area (Å²) in [6.07, 6.45) is 0. The van der Waals surface area contributed by atoms with Gasteiger partial charge in [0.25, 0.3) is 0 Å². The number of aromatic nitrogens is 1. The molecule has 0 bridgehead atoms. The summed E-state index contributed by atoms with van der Waals surface area (Å²) in [4.78, 5) is 4.93. The van der Waals surface area contributed by atoms with Gasteiger partial charge in [-0.15, -0.1) is 0 Å². The van der Waals surface area contributed by atoms with Crippen LogP contribution in [0, 0.1) is 0 Å². The zero-order valence-electron chi connectivity index (χ0n) is 11.6. The monoisotopic (exact) mass is 278 g/mol. The third-order valence-electron chi connectivity index (χ3n) is 3.04. The molecule has 1 heterocycles. The van der Waals surface area contributed by atoms with Gasteiger partial charge in [0, 0.05) is 17.2 Å². The van der Waals surface area contributed by atoms with Crippen LogP contribution in [0.2, 0.25) is 0 Å². The maximum absolute atomic E-state index is 5.41. The molecular weight excluding hydrogens is 264 g/mol. The van der Waals surface area contributed by atoms with Gasteiger partial charge in [0.1, 0.15) is 18.5 Å². The minimum absolute atomic E-state index is 0.641. The van der Waals surface area contributed by atoms with Crippen LogP contribution >= 0.6 is 0 Å². The fourth-order valence-electron chi connectivity index (χ4n) is 2.06. The maximum atomic E-state index is 5.41. The fourth-order valence-corrected chi connectivity index (χ4v) is 2.06. The molecule has 104 valence electrons. The molecule has 4 heteroatoms. The molecule has 21 heavy (non-hydrogen) atoms. The Kier molecular flexibility index (Phi) is 3.78. The molecule has 0 aliphatic rings. The van der Waals surface area contributed by atoms with Crippen molar-refractivity contribution in [2.24, 2.45) is 5.16 Å². The van der Waals surface area contributed by atoms with Crippen molar-refractivity contribution >= 4 is 5.71 Å². The molecule has 1 aromatic heterocycles. The van der Waals surface area contributed by atoms with Crippen LogP contribution in [0.1, 0.15) is 11.3 Å². The Hall–Kier alpha value is -2.88. The summed E-state index contributed by atoms with van der Waals surface area (Å²) in [5, 5.41) is 8.17. The molecule has 3 rings (SSSR count). The fraction of sp³-hybridized carbons (Fsp3) is 0.0588. The zero-order valence-corrected chi connectivity index (χ0v) is 11.6. The van der Waals surface area contributed by atoms with Gasteiger partial charge < -0.3 is 9.36 Å². The van der Waals surface area contributed by atoms with Crippen LogP contribution in [0.3, 0.4) is 0 Å². The molecule has 4 nitrogen and oxygen atoms in total. The van der Waals surface area contributed by atoms with E-state index in [0.717, 1.165) is 11.1 Å². The molecule has 0 unspecified atom stereocenters. The predicted octanol–water partition coefficient (Wildman–Crippen LogP) is 3.74. The van der Waals surface area contributed by atoms with E-state index in [2.05, 4.69) is 10.3 Å². The molecule has 0 aliphatic heterocycles. The SMILES string of the molecule is CO/N=C(/c1ccccc1)c1cc(-c2ccccc2)on1. The Morgan fingerprint density at radius 2 is 1.67 bits per heavy atom. The molecule has 0 radical (unpaired) electrons. The highest BCUT2D eigenvalue weighted by molar-refractivity contribution is 6.11. The van der Waals surface area contributed by atoms with Gasteiger partial charge in [-0.3, -0.25) is 0 Å². The highest BCUT2D eigenvalue weighted by Gasteiger charge is 2.14. The van der Waals surface area contributed by atoms with E-state index >= 15 is 0 Å². The lowest BCUT2D eigenvalue weighted by molar-refractivity contribution is 0.213. The van der Waals surface area contributed by atoms with E-state index in [1.807, 2.05) is 66.7 Å².